The maximum absolute atomic E-state index is 3.63. The van der Waals surface area contributed by atoms with Crippen molar-refractivity contribution in [1.82, 2.24) is 9.97 Å². The van der Waals surface area contributed by atoms with Crippen molar-refractivity contribution in [3.05, 3.63) is 170 Å². The fourth-order valence-electron chi connectivity index (χ4n) is 8.28. The van der Waals surface area contributed by atoms with E-state index in [-0.39, 0.29) is 0 Å². The molecule has 11 rings (SSSR count). The minimum absolute atomic E-state index is 1.15. The Morgan fingerprint density at radius 2 is 0.780 bits per heavy atom. The second kappa shape index (κ2) is 10.4. The van der Waals surface area contributed by atoms with E-state index in [9.17, 15) is 0 Å². The highest BCUT2D eigenvalue weighted by atomic mass is 14.7. The van der Waals surface area contributed by atoms with Crippen molar-refractivity contribution < 1.29 is 0 Å². The fraction of sp³-hybridized carbons (Fsp3) is 0. The third-order valence-electron chi connectivity index (χ3n) is 10.7. The topological polar surface area (TPSA) is 31.6 Å². The Labute approximate surface area is 288 Å². The molecule has 2 heterocycles. The molecule has 0 unspecified atom stereocenters. The number of nitrogens with one attached hydrogen (secondary N) is 2. The van der Waals surface area contributed by atoms with Gasteiger partial charge in [-0.25, -0.2) is 0 Å². The Balaban J connectivity index is 1.25. The Morgan fingerprint density at radius 3 is 1.46 bits per heavy atom. The third kappa shape index (κ3) is 4.09. The average molecular weight is 635 g/mol. The van der Waals surface area contributed by atoms with Crippen LogP contribution in [0.3, 0.4) is 0 Å². The van der Waals surface area contributed by atoms with Crippen LogP contribution in [0.15, 0.2) is 170 Å². The zero-order valence-corrected chi connectivity index (χ0v) is 27.2. The molecule has 11 aromatic rings. The van der Waals surface area contributed by atoms with Crippen LogP contribution in [-0.2, 0) is 0 Å². The molecule has 0 aliphatic carbocycles. The molecule has 0 saturated heterocycles. The Bertz CT molecular complexity index is 3160. The zero-order valence-electron chi connectivity index (χ0n) is 27.2. The van der Waals surface area contributed by atoms with E-state index in [0.29, 0.717) is 0 Å². The first-order valence-corrected chi connectivity index (χ1v) is 17.3. The number of H-pyrrole nitrogens is 2. The summed E-state index contributed by atoms with van der Waals surface area (Å²) in [6.45, 7) is 0. The molecule has 0 atom stereocenters. The summed E-state index contributed by atoms with van der Waals surface area (Å²) in [5.41, 5.74) is 12.0. The van der Waals surface area contributed by atoms with Crippen LogP contribution < -0.4 is 0 Å². The molecule has 0 radical (unpaired) electrons. The van der Waals surface area contributed by atoms with Crippen LogP contribution in [0.4, 0.5) is 0 Å². The number of hydrogen-bond donors (Lipinski definition) is 2. The molecule has 2 nitrogen and oxygen atoms in total. The first-order valence-electron chi connectivity index (χ1n) is 17.3. The van der Waals surface area contributed by atoms with Crippen LogP contribution in [0.1, 0.15) is 0 Å². The molecule has 0 saturated carbocycles. The quantitative estimate of drug-likeness (QED) is 0.181. The van der Waals surface area contributed by atoms with Gasteiger partial charge in [-0.05, 0) is 126 Å². The average Bonchev–Trinajstić information content (AvgIpc) is 3.74. The van der Waals surface area contributed by atoms with Crippen LogP contribution in [0, 0.1) is 0 Å². The summed E-state index contributed by atoms with van der Waals surface area (Å²) in [6, 6.07) is 62.6. The minimum atomic E-state index is 1.15. The van der Waals surface area contributed by atoms with Gasteiger partial charge < -0.3 is 9.97 Å². The molecular weight excluding hydrogens is 605 g/mol. The van der Waals surface area contributed by atoms with Crippen molar-refractivity contribution in [3.8, 4) is 33.4 Å². The van der Waals surface area contributed by atoms with Gasteiger partial charge in [0.25, 0.3) is 0 Å². The van der Waals surface area contributed by atoms with Gasteiger partial charge in [0.15, 0.2) is 0 Å². The monoisotopic (exact) mass is 634 g/mol. The number of aromatic nitrogens is 2. The van der Waals surface area contributed by atoms with Crippen LogP contribution in [0.5, 0.6) is 0 Å². The first kappa shape index (κ1) is 27.3. The molecule has 9 aromatic carbocycles. The largest absolute Gasteiger partial charge is 0.355 e. The highest BCUT2D eigenvalue weighted by Gasteiger charge is 2.18. The molecule has 0 spiro atoms. The Kier molecular flexibility index (Phi) is 5.70. The van der Waals surface area contributed by atoms with E-state index < -0.39 is 0 Å². The molecule has 0 aliphatic heterocycles. The van der Waals surface area contributed by atoms with E-state index in [1.165, 1.54) is 87.2 Å². The molecule has 2 heteroatoms. The lowest BCUT2D eigenvalue weighted by Gasteiger charge is -2.18. The van der Waals surface area contributed by atoms with E-state index in [2.05, 4.69) is 180 Å². The lowest BCUT2D eigenvalue weighted by Crippen LogP contribution is -1.91. The maximum Gasteiger partial charge on any atom is 0.0465 e. The third-order valence-corrected chi connectivity index (χ3v) is 10.7. The van der Waals surface area contributed by atoms with Crippen LogP contribution in [0.2, 0.25) is 0 Å². The van der Waals surface area contributed by atoms with E-state index in [0.717, 1.165) is 22.1 Å². The van der Waals surface area contributed by atoms with Gasteiger partial charge in [-0.3, -0.25) is 0 Å². The SMILES string of the molecule is c1ccc2cc(-c3c4ccccc4cc4cc(-c5ccc6[nH]c7ccccc7c6c5)c(-c5ccc6[nH]c7ccccc7c6c5)cc34)ccc2c1. The number of rotatable bonds is 3. The number of para-hydroxylation sites is 2. The number of benzene rings is 9. The molecule has 0 aliphatic rings. The van der Waals surface area contributed by atoms with Crippen molar-refractivity contribution in [2.75, 3.05) is 0 Å². The van der Waals surface area contributed by atoms with E-state index in [1.807, 2.05) is 0 Å². The van der Waals surface area contributed by atoms with Crippen molar-refractivity contribution in [2.24, 2.45) is 0 Å². The van der Waals surface area contributed by atoms with Gasteiger partial charge in [0.05, 0.1) is 0 Å². The highest BCUT2D eigenvalue weighted by molar-refractivity contribution is 6.17. The van der Waals surface area contributed by atoms with Crippen molar-refractivity contribution in [3.63, 3.8) is 0 Å². The predicted octanol–water partition coefficient (Wildman–Crippen LogP) is 13.4. The van der Waals surface area contributed by atoms with E-state index in [4.69, 9.17) is 0 Å². The summed E-state index contributed by atoms with van der Waals surface area (Å²) in [7, 11) is 0. The van der Waals surface area contributed by atoms with Gasteiger partial charge in [-0.2, -0.15) is 0 Å². The maximum atomic E-state index is 3.63. The lowest BCUT2D eigenvalue weighted by molar-refractivity contribution is 1.54. The van der Waals surface area contributed by atoms with Crippen LogP contribution in [0.25, 0.3) is 109 Å². The summed E-state index contributed by atoms with van der Waals surface area (Å²) >= 11 is 0. The lowest BCUT2D eigenvalue weighted by atomic mass is 9.85. The van der Waals surface area contributed by atoms with Crippen LogP contribution in [-0.4, -0.2) is 9.97 Å². The zero-order chi connectivity index (χ0) is 32.8. The summed E-state index contributed by atoms with van der Waals surface area (Å²) in [4.78, 5) is 7.25. The molecule has 2 aromatic heterocycles. The van der Waals surface area contributed by atoms with Crippen LogP contribution >= 0.6 is 0 Å². The van der Waals surface area contributed by atoms with Gasteiger partial charge in [-0.15, -0.1) is 0 Å². The molecule has 0 bridgehead atoms. The normalized spacial score (nSPS) is 12.0. The molecule has 2 N–H and O–H groups in total. The standard InChI is InChI=1S/C48H30N2/c1-2-10-30-23-34(18-17-29(30)9-1)48-36-12-4-3-11-31(36)24-35-27-39(32-19-21-46-42(25-32)37-13-5-7-15-44(37)49-46)40(28-41(35)48)33-20-22-47-43(26-33)38-14-6-8-16-45(38)50-47/h1-28,49-50H. The highest BCUT2D eigenvalue weighted by Crippen LogP contribution is 2.44. The molecule has 50 heavy (non-hydrogen) atoms. The van der Waals surface area contributed by atoms with E-state index in [1.54, 1.807) is 0 Å². The van der Waals surface area contributed by atoms with Gasteiger partial charge in [0.1, 0.15) is 0 Å². The number of aromatic amines is 2. The summed E-state index contributed by atoms with van der Waals surface area (Å²) in [5, 5.41) is 12.5. The smallest absolute Gasteiger partial charge is 0.0465 e. The molecule has 232 valence electrons. The molecular formula is C48H30N2. The second-order valence-electron chi connectivity index (χ2n) is 13.5. The fourth-order valence-corrected chi connectivity index (χ4v) is 8.28. The molecule has 0 fully saturated rings. The summed E-state index contributed by atoms with van der Waals surface area (Å²) in [6.07, 6.45) is 0. The number of hydrogen-bond acceptors (Lipinski definition) is 0. The predicted molar refractivity (Wildman–Crippen MR) is 214 cm³/mol. The second-order valence-corrected chi connectivity index (χ2v) is 13.5. The summed E-state index contributed by atoms with van der Waals surface area (Å²) < 4.78 is 0. The van der Waals surface area contributed by atoms with Gasteiger partial charge >= 0.3 is 0 Å². The van der Waals surface area contributed by atoms with Gasteiger partial charge in [0.2, 0.25) is 0 Å². The minimum Gasteiger partial charge on any atom is -0.355 e. The Morgan fingerprint density at radius 1 is 0.260 bits per heavy atom. The van der Waals surface area contributed by atoms with Crippen molar-refractivity contribution >= 4 is 75.9 Å². The van der Waals surface area contributed by atoms with E-state index >= 15 is 0 Å². The van der Waals surface area contributed by atoms with Gasteiger partial charge in [0, 0.05) is 43.6 Å². The summed E-state index contributed by atoms with van der Waals surface area (Å²) in [5.74, 6) is 0. The van der Waals surface area contributed by atoms with Crippen molar-refractivity contribution in [1.29, 1.82) is 0 Å². The molecule has 0 amide bonds. The van der Waals surface area contributed by atoms with Crippen molar-refractivity contribution in [2.45, 2.75) is 0 Å². The Hall–Kier alpha value is -6.64. The van der Waals surface area contributed by atoms with Gasteiger partial charge in [-0.1, -0.05) is 109 Å². The number of fused-ring (bicyclic) bond motifs is 9. The first-order chi connectivity index (χ1) is 24.7.